The number of amides is 1. The number of carbonyl (C=O) groups excluding carboxylic acids is 1. The summed E-state index contributed by atoms with van der Waals surface area (Å²) < 4.78 is 10.9. The second kappa shape index (κ2) is 5.67. The minimum atomic E-state index is -0.439. The Labute approximate surface area is 115 Å². The molecule has 0 aromatic heterocycles. The van der Waals surface area contributed by atoms with E-state index in [-0.39, 0.29) is 18.2 Å². The maximum absolute atomic E-state index is 12.4. The Morgan fingerprint density at radius 2 is 1.95 bits per heavy atom. The molecule has 1 atom stereocenters. The highest BCUT2D eigenvalue weighted by molar-refractivity contribution is 5.69. The van der Waals surface area contributed by atoms with Crippen molar-refractivity contribution in [1.82, 2.24) is 10.2 Å². The average molecular weight is 270 g/mol. The van der Waals surface area contributed by atoms with Crippen molar-refractivity contribution in [2.45, 2.75) is 63.8 Å². The monoisotopic (exact) mass is 270 g/mol. The van der Waals surface area contributed by atoms with E-state index in [1.807, 2.05) is 25.7 Å². The van der Waals surface area contributed by atoms with Gasteiger partial charge < -0.3 is 19.7 Å². The maximum atomic E-state index is 12.4. The smallest absolute Gasteiger partial charge is 0.410 e. The van der Waals surface area contributed by atoms with Crippen LogP contribution in [0, 0.1) is 0 Å². The highest BCUT2D eigenvalue weighted by Crippen LogP contribution is 2.31. The second-order valence-corrected chi connectivity index (χ2v) is 6.52. The summed E-state index contributed by atoms with van der Waals surface area (Å²) in [6.45, 7) is 7.58. The van der Waals surface area contributed by atoms with Gasteiger partial charge in [-0.15, -0.1) is 0 Å². The third kappa shape index (κ3) is 3.60. The van der Waals surface area contributed by atoms with Gasteiger partial charge in [0.05, 0.1) is 6.10 Å². The van der Waals surface area contributed by atoms with Gasteiger partial charge in [-0.05, 0) is 46.6 Å². The Bertz CT molecular complexity index is 315. The summed E-state index contributed by atoms with van der Waals surface area (Å²) in [5.74, 6) is 0. The van der Waals surface area contributed by atoms with Gasteiger partial charge in [0, 0.05) is 25.7 Å². The van der Waals surface area contributed by atoms with Crippen LogP contribution < -0.4 is 5.32 Å². The van der Waals surface area contributed by atoms with Crippen LogP contribution in [0.1, 0.15) is 40.0 Å². The van der Waals surface area contributed by atoms with Crippen LogP contribution >= 0.6 is 0 Å². The van der Waals surface area contributed by atoms with Crippen LogP contribution in [0.4, 0.5) is 4.79 Å². The van der Waals surface area contributed by atoms with Crippen LogP contribution in [0.15, 0.2) is 0 Å². The number of nitrogens with one attached hydrogen (secondary N) is 1. The van der Waals surface area contributed by atoms with Crippen LogP contribution in [-0.2, 0) is 9.47 Å². The zero-order chi connectivity index (χ0) is 14.0. The Morgan fingerprint density at radius 3 is 2.42 bits per heavy atom. The third-order valence-corrected chi connectivity index (χ3v) is 3.83. The van der Waals surface area contributed by atoms with Crippen LogP contribution in [0.2, 0.25) is 0 Å². The molecule has 19 heavy (non-hydrogen) atoms. The zero-order valence-corrected chi connectivity index (χ0v) is 12.4. The molecule has 0 bridgehead atoms. The average Bonchev–Trinajstić information content (AvgIpc) is 2.72. The third-order valence-electron chi connectivity index (χ3n) is 3.83. The molecule has 5 nitrogen and oxygen atoms in total. The van der Waals surface area contributed by atoms with Crippen LogP contribution in [-0.4, -0.2) is 55.0 Å². The summed E-state index contributed by atoms with van der Waals surface area (Å²) in [4.78, 5) is 14.4. The van der Waals surface area contributed by atoms with Crippen molar-refractivity contribution in [3.8, 4) is 0 Å². The van der Waals surface area contributed by atoms with Crippen molar-refractivity contribution in [3.05, 3.63) is 0 Å². The first-order valence-electron chi connectivity index (χ1n) is 7.15. The van der Waals surface area contributed by atoms with E-state index in [0.29, 0.717) is 6.10 Å². The quantitative estimate of drug-likeness (QED) is 0.849. The van der Waals surface area contributed by atoms with Crippen molar-refractivity contribution in [2.75, 3.05) is 20.2 Å². The van der Waals surface area contributed by atoms with Crippen molar-refractivity contribution in [2.24, 2.45) is 0 Å². The Morgan fingerprint density at radius 1 is 1.26 bits per heavy atom. The molecule has 1 saturated carbocycles. The summed E-state index contributed by atoms with van der Waals surface area (Å²) in [5, 5.41) is 3.32. The SMILES string of the molecule is COC1CC(N(C(=O)OC(C)(C)C)[C@H]2CCNC2)C1. The van der Waals surface area contributed by atoms with Gasteiger partial charge >= 0.3 is 6.09 Å². The Hall–Kier alpha value is -0.810. The lowest BCUT2D eigenvalue weighted by Crippen LogP contribution is -2.56. The van der Waals surface area contributed by atoms with Gasteiger partial charge in [0.2, 0.25) is 0 Å². The van der Waals surface area contributed by atoms with Gasteiger partial charge in [0.25, 0.3) is 0 Å². The lowest BCUT2D eigenvalue weighted by Gasteiger charge is -2.44. The fourth-order valence-electron chi connectivity index (χ4n) is 2.75. The summed E-state index contributed by atoms with van der Waals surface area (Å²) in [5.41, 5.74) is -0.439. The fourth-order valence-corrected chi connectivity index (χ4v) is 2.75. The molecule has 0 radical (unpaired) electrons. The van der Waals surface area contributed by atoms with E-state index in [4.69, 9.17) is 9.47 Å². The minimum Gasteiger partial charge on any atom is -0.444 e. The molecule has 0 aromatic carbocycles. The number of methoxy groups -OCH3 is 1. The van der Waals surface area contributed by atoms with Crippen molar-refractivity contribution >= 4 is 6.09 Å². The highest BCUT2D eigenvalue weighted by atomic mass is 16.6. The van der Waals surface area contributed by atoms with E-state index in [2.05, 4.69) is 5.32 Å². The van der Waals surface area contributed by atoms with Gasteiger partial charge in [-0.1, -0.05) is 0 Å². The van der Waals surface area contributed by atoms with E-state index in [0.717, 1.165) is 32.4 Å². The van der Waals surface area contributed by atoms with Crippen LogP contribution in [0.5, 0.6) is 0 Å². The second-order valence-electron chi connectivity index (χ2n) is 6.52. The molecule has 110 valence electrons. The van der Waals surface area contributed by atoms with Gasteiger partial charge in [-0.2, -0.15) is 0 Å². The van der Waals surface area contributed by atoms with E-state index >= 15 is 0 Å². The molecule has 1 aliphatic carbocycles. The molecule has 1 amide bonds. The molecular formula is C14H26N2O3. The molecule has 2 aliphatic rings. The van der Waals surface area contributed by atoms with Gasteiger partial charge in [-0.25, -0.2) is 4.79 Å². The predicted octanol–water partition coefficient (Wildman–Crippen LogP) is 1.76. The minimum absolute atomic E-state index is 0.180. The molecule has 2 fully saturated rings. The highest BCUT2D eigenvalue weighted by Gasteiger charge is 2.42. The number of rotatable bonds is 3. The van der Waals surface area contributed by atoms with Gasteiger partial charge in [0.1, 0.15) is 5.60 Å². The largest absolute Gasteiger partial charge is 0.444 e. The fraction of sp³-hybridized carbons (Fsp3) is 0.929. The van der Waals surface area contributed by atoms with E-state index in [1.165, 1.54) is 0 Å². The predicted molar refractivity (Wildman–Crippen MR) is 73.2 cm³/mol. The molecule has 0 spiro atoms. The van der Waals surface area contributed by atoms with Gasteiger partial charge in [0.15, 0.2) is 0 Å². The number of carbonyl (C=O) groups is 1. The zero-order valence-electron chi connectivity index (χ0n) is 12.4. The van der Waals surface area contributed by atoms with Crippen LogP contribution in [0.3, 0.4) is 0 Å². The van der Waals surface area contributed by atoms with E-state index in [1.54, 1.807) is 7.11 Å². The molecule has 0 unspecified atom stereocenters. The van der Waals surface area contributed by atoms with Crippen LogP contribution in [0.25, 0.3) is 0 Å². The Balaban J connectivity index is 2.00. The number of hydrogen-bond acceptors (Lipinski definition) is 4. The molecule has 5 heteroatoms. The molecule has 1 N–H and O–H groups in total. The topological polar surface area (TPSA) is 50.8 Å². The number of nitrogens with zero attached hydrogens (tertiary/aromatic N) is 1. The summed E-state index contributed by atoms with van der Waals surface area (Å²) >= 11 is 0. The lowest BCUT2D eigenvalue weighted by atomic mass is 9.87. The molecule has 2 rings (SSSR count). The molecule has 1 heterocycles. The Kier molecular flexibility index (Phi) is 4.36. The number of ether oxygens (including phenoxy) is 2. The molecule has 1 saturated heterocycles. The van der Waals surface area contributed by atoms with Gasteiger partial charge in [-0.3, -0.25) is 0 Å². The lowest BCUT2D eigenvalue weighted by molar-refractivity contribution is -0.0499. The molecule has 0 aromatic rings. The first kappa shape index (κ1) is 14.6. The first-order valence-corrected chi connectivity index (χ1v) is 7.15. The molecule has 1 aliphatic heterocycles. The van der Waals surface area contributed by atoms with E-state index < -0.39 is 5.60 Å². The summed E-state index contributed by atoms with van der Waals surface area (Å²) in [7, 11) is 1.73. The van der Waals surface area contributed by atoms with Crippen molar-refractivity contribution in [1.29, 1.82) is 0 Å². The normalized spacial score (nSPS) is 30.8. The standard InChI is InChI=1S/C14H26N2O3/c1-14(2,3)19-13(17)16(10-5-6-15-9-10)11-7-12(8-11)18-4/h10-12,15H,5-9H2,1-4H3/t10-,11?,12?/m0/s1. The van der Waals surface area contributed by atoms with Crippen molar-refractivity contribution < 1.29 is 14.3 Å². The molecular weight excluding hydrogens is 244 g/mol. The maximum Gasteiger partial charge on any atom is 0.410 e. The first-order chi connectivity index (χ1) is 8.90. The van der Waals surface area contributed by atoms with Crippen molar-refractivity contribution in [3.63, 3.8) is 0 Å². The summed E-state index contributed by atoms with van der Waals surface area (Å²) in [6, 6.07) is 0.530. The summed E-state index contributed by atoms with van der Waals surface area (Å²) in [6.07, 6.45) is 2.97. The van der Waals surface area contributed by atoms with E-state index in [9.17, 15) is 4.79 Å². The number of hydrogen-bond donors (Lipinski definition) is 1.